The Morgan fingerprint density at radius 2 is 1.74 bits per heavy atom. The van der Waals surface area contributed by atoms with E-state index in [0.717, 1.165) is 21.9 Å². The topological polar surface area (TPSA) is 74.8 Å². The molecule has 1 aliphatic heterocycles. The summed E-state index contributed by atoms with van der Waals surface area (Å²) in [6.45, 7) is 4.66. The van der Waals surface area contributed by atoms with Gasteiger partial charge < -0.3 is 19.9 Å². The Balaban J connectivity index is 1.44. The first-order valence-corrected chi connectivity index (χ1v) is 11.1. The van der Waals surface area contributed by atoms with E-state index in [-0.39, 0.29) is 12.0 Å². The van der Waals surface area contributed by atoms with E-state index in [0.29, 0.717) is 38.5 Å². The van der Waals surface area contributed by atoms with Crippen LogP contribution in [0.1, 0.15) is 17.4 Å². The summed E-state index contributed by atoms with van der Waals surface area (Å²) in [6, 6.07) is 17.5. The number of nitrogens with zero attached hydrogens (tertiary/aromatic N) is 3. The van der Waals surface area contributed by atoms with Gasteiger partial charge in [-0.3, -0.25) is 4.79 Å². The fraction of sp³-hybridized carbons (Fsp3) is 0.261. The summed E-state index contributed by atoms with van der Waals surface area (Å²) >= 11 is 1.45. The average molecular weight is 437 g/mol. The number of thiazole rings is 1. The minimum atomic E-state index is -0.276. The molecule has 0 bridgehead atoms. The summed E-state index contributed by atoms with van der Waals surface area (Å²) in [4.78, 5) is 33.2. The summed E-state index contributed by atoms with van der Waals surface area (Å²) in [5.74, 6) is -0.240. The number of amides is 2. The molecule has 0 atom stereocenters. The Kier molecular flexibility index (Phi) is 6.47. The molecule has 1 aromatic heterocycles. The Morgan fingerprint density at radius 3 is 2.48 bits per heavy atom. The van der Waals surface area contributed by atoms with Crippen LogP contribution in [0.4, 0.5) is 16.2 Å². The number of nitrogens with one attached hydrogen (secondary N) is 1. The minimum Gasteiger partial charge on any atom is -0.450 e. The zero-order chi connectivity index (χ0) is 21.6. The van der Waals surface area contributed by atoms with E-state index in [2.05, 4.69) is 15.2 Å². The highest BCUT2D eigenvalue weighted by molar-refractivity contribution is 7.13. The first-order valence-electron chi connectivity index (χ1n) is 10.2. The molecule has 1 N–H and O–H groups in total. The lowest BCUT2D eigenvalue weighted by molar-refractivity contribution is 0.102. The van der Waals surface area contributed by atoms with Crippen LogP contribution in [-0.2, 0) is 4.74 Å². The van der Waals surface area contributed by atoms with Crippen molar-refractivity contribution in [2.75, 3.05) is 43.0 Å². The third-order valence-corrected chi connectivity index (χ3v) is 5.95. The molecule has 1 saturated heterocycles. The number of rotatable bonds is 5. The van der Waals surface area contributed by atoms with Gasteiger partial charge >= 0.3 is 6.09 Å². The molecular weight excluding hydrogens is 412 g/mol. The lowest BCUT2D eigenvalue weighted by atomic mass is 10.2. The Hall–Kier alpha value is -3.39. The maximum atomic E-state index is 12.9. The van der Waals surface area contributed by atoms with Gasteiger partial charge in [0.05, 0.1) is 18.0 Å². The number of carbonyl (C=O) groups is 2. The third kappa shape index (κ3) is 4.86. The lowest BCUT2D eigenvalue weighted by Gasteiger charge is -2.36. The van der Waals surface area contributed by atoms with Crippen molar-refractivity contribution in [3.8, 4) is 10.6 Å². The minimum absolute atomic E-state index is 0.240. The number of hydrogen-bond donors (Lipinski definition) is 1. The van der Waals surface area contributed by atoms with E-state index >= 15 is 0 Å². The number of hydrogen-bond acceptors (Lipinski definition) is 6. The second-order valence-electron chi connectivity index (χ2n) is 7.05. The van der Waals surface area contributed by atoms with Crippen LogP contribution in [0.3, 0.4) is 0 Å². The van der Waals surface area contributed by atoms with E-state index in [1.165, 1.54) is 11.3 Å². The van der Waals surface area contributed by atoms with Crippen molar-refractivity contribution >= 4 is 34.7 Å². The van der Waals surface area contributed by atoms with Gasteiger partial charge in [-0.05, 0) is 19.1 Å². The molecule has 4 rings (SSSR count). The predicted molar refractivity (Wildman–Crippen MR) is 123 cm³/mol. The van der Waals surface area contributed by atoms with Crippen LogP contribution in [0, 0.1) is 0 Å². The average Bonchev–Trinajstić information content (AvgIpc) is 3.31. The predicted octanol–water partition coefficient (Wildman–Crippen LogP) is 4.34. The number of aromatic nitrogens is 1. The monoisotopic (exact) mass is 436 g/mol. The van der Waals surface area contributed by atoms with E-state index in [1.54, 1.807) is 17.2 Å². The van der Waals surface area contributed by atoms with Crippen molar-refractivity contribution in [2.45, 2.75) is 6.92 Å². The summed E-state index contributed by atoms with van der Waals surface area (Å²) < 4.78 is 5.09. The lowest BCUT2D eigenvalue weighted by Crippen LogP contribution is -2.49. The largest absolute Gasteiger partial charge is 0.450 e. The second kappa shape index (κ2) is 9.61. The van der Waals surface area contributed by atoms with Gasteiger partial charge in [0.15, 0.2) is 0 Å². The van der Waals surface area contributed by atoms with Gasteiger partial charge in [-0.25, -0.2) is 9.78 Å². The molecule has 160 valence electrons. The highest BCUT2D eigenvalue weighted by atomic mass is 32.1. The Bertz CT molecular complexity index is 1050. The number of para-hydroxylation sites is 2. The fourth-order valence-corrected chi connectivity index (χ4v) is 4.28. The van der Waals surface area contributed by atoms with Gasteiger partial charge in [0.2, 0.25) is 0 Å². The van der Waals surface area contributed by atoms with Crippen LogP contribution in [0.5, 0.6) is 0 Å². The number of piperazine rings is 1. The molecule has 8 heteroatoms. The quantitative estimate of drug-likeness (QED) is 0.644. The van der Waals surface area contributed by atoms with Crippen LogP contribution < -0.4 is 10.2 Å². The van der Waals surface area contributed by atoms with Crippen LogP contribution in [-0.4, -0.2) is 54.7 Å². The summed E-state index contributed by atoms with van der Waals surface area (Å²) in [6.07, 6.45) is -0.276. The molecule has 3 aromatic rings. The molecule has 2 heterocycles. The zero-order valence-corrected chi connectivity index (χ0v) is 18.1. The molecule has 0 unspecified atom stereocenters. The van der Waals surface area contributed by atoms with Crippen molar-refractivity contribution in [2.24, 2.45) is 0 Å². The molecule has 0 spiro atoms. The Morgan fingerprint density at radius 1 is 1.03 bits per heavy atom. The third-order valence-electron chi connectivity index (χ3n) is 5.06. The van der Waals surface area contributed by atoms with Crippen LogP contribution in [0.15, 0.2) is 60.0 Å². The highest BCUT2D eigenvalue weighted by Gasteiger charge is 2.24. The second-order valence-corrected chi connectivity index (χ2v) is 7.91. The molecule has 0 saturated carbocycles. The van der Waals surface area contributed by atoms with Crippen molar-refractivity contribution < 1.29 is 14.3 Å². The number of anilines is 2. The first-order chi connectivity index (χ1) is 15.2. The molecular formula is C23H24N4O3S. The molecule has 1 aliphatic rings. The summed E-state index contributed by atoms with van der Waals surface area (Å²) in [7, 11) is 0. The molecule has 0 radical (unpaired) electrons. The van der Waals surface area contributed by atoms with Crippen molar-refractivity contribution in [1.29, 1.82) is 0 Å². The summed E-state index contributed by atoms with van der Waals surface area (Å²) in [5, 5.41) is 5.59. The van der Waals surface area contributed by atoms with E-state index in [9.17, 15) is 9.59 Å². The van der Waals surface area contributed by atoms with Crippen LogP contribution >= 0.6 is 11.3 Å². The van der Waals surface area contributed by atoms with Gasteiger partial charge in [-0.1, -0.05) is 42.5 Å². The smallest absolute Gasteiger partial charge is 0.409 e. The number of benzene rings is 2. The molecule has 2 amide bonds. The first kappa shape index (κ1) is 20.9. The molecule has 1 fully saturated rings. The van der Waals surface area contributed by atoms with Gasteiger partial charge in [0.25, 0.3) is 5.91 Å². The number of ether oxygens (including phenoxy) is 1. The van der Waals surface area contributed by atoms with Crippen molar-refractivity contribution in [3.05, 3.63) is 65.7 Å². The van der Waals surface area contributed by atoms with Gasteiger partial charge in [0.1, 0.15) is 10.7 Å². The summed E-state index contributed by atoms with van der Waals surface area (Å²) in [5.41, 5.74) is 3.04. The highest BCUT2D eigenvalue weighted by Crippen LogP contribution is 2.28. The Labute approximate surface area is 185 Å². The van der Waals surface area contributed by atoms with Gasteiger partial charge in [0, 0.05) is 37.1 Å². The molecule has 31 heavy (non-hydrogen) atoms. The maximum absolute atomic E-state index is 12.9. The van der Waals surface area contributed by atoms with Crippen LogP contribution in [0.25, 0.3) is 10.6 Å². The zero-order valence-electron chi connectivity index (χ0n) is 17.3. The maximum Gasteiger partial charge on any atom is 0.409 e. The van der Waals surface area contributed by atoms with E-state index in [4.69, 9.17) is 4.74 Å². The van der Waals surface area contributed by atoms with Crippen LogP contribution in [0.2, 0.25) is 0 Å². The SMILES string of the molecule is CCOC(=O)N1CCN(c2ccccc2NC(=O)c2csc(-c3ccccc3)n2)CC1. The molecule has 2 aromatic carbocycles. The normalized spacial score (nSPS) is 13.7. The van der Waals surface area contributed by atoms with E-state index in [1.807, 2.05) is 54.6 Å². The molecule has 0 aliphatic carbocycles. The standard InChI is InChI=1S/C23H24N4O3S/c1-2-30-23(29)27-14-12-26(13-15-27)20-11-7-6-10-18(20)24-21(28)19-16-31-22(25-19)17-8-4-3-5-9-17/h3-11,16H,2,12-15H2,1H3,(H,24,28). The van der Waals surface area contributed by atoms with E-state index < -0.39 is 0 Å². The fourth-order valence-electron chi connectivity index (χ4n) is 3.48. The molecule has 7 nitrogen and oxygen atoms in total. The van der Waals surface area contributed by atoms with Gasteiger partial charge in [-0.2, -0.15) is 0 Å². The van der Waals surface area contributed by atoms with Crippen molar-refractivity contribution in [1.82, 2.24) is 9.88 Å². The van der Waals surface area contributed by atoms with Crippen molar-refractivity contribution in [3.63, 3.8) is 0 Å². The number of carbonyl (C=O) groups excluding carboxylic acids is 2. The van der Waals surface area contributed by atoms with Gasteiger partial charge in [-0.15, -0.1) is 11.3 Å².